The largest absolute Gasteiger partial charge is 0.374 e. The highest BCUT2D eigenvalue weighted by molar-refractivity contribution is 6.68. The first kappa shape index (κ1) is 32.9. The molecule has 1 aliphatic rings. The molecule has 0 aliphatic carbocycles. The highest BCUT2D eigenvalue weighted by Gasteiger charge is 2.65. The Morgan fingerprint density at radius 1 is 0.568 bits per heavy atom. The third kappa shape index (κ3) is 8.61. The van der Waals surface area contributed by atoms with Crippen LogP contribution in [0.2, 0.25) is 0 Å². The van der Waals surface area contributed by atoms with Gasteiger partial charge in [0.2, 0.25) is 9.58 Å². The van der Waals surface area contributed by atoms with E-state index in [-0.39, 0.29) is 26.4 Å². The van der Waals surface area contributed by atoms with E-state index in [1.165, 1.54) is 0 Å². The van der Waals surface area contributed by atoms with Gasteiger partial charge in [0, 0.05) is 0 Å². The number of ether oxygens (including phenoxy) is 5. The molecule has 4 aromatic rings. The van der Waals surface area contributed by atoms with Crippen molar-refractivity contribution >= 4 is 34.8 Å². The molecule has 0 amide bonds. The average Bonchev–Trinajstić information content (AvgIpc) is 3.04. The van der Waals surface area contributed by atoms with Crippen LogP contribution in [0.5, 0.6) is 0 Å². The molecule has 0 spiro atoms. The van der Waals surface area contributed by atoms with Crippen molar-refractivity contribution in [1.82, 2.24) is 0 Å². The zero-order chi connectivity index (χ0) is 30.8. The SMILES string of the molecule is O[C@@]1(C(Cl)(Cl)Cl)O[C@H](COCc2ccccc2)[C@@H](OCc2ccccc2)[C@H](OCc2ccccc2)[C@H]1OCc1ccccc1. The van der Waals surface area contributed by atoms with Crippen LogP contribution in [0.3, 0.4) is 0 Å². The summed E-state index contributed by atoms with van der Waals surface area (Å²) in [5.41, 5.74) is 3.69. The summed E-state index contributed by atoms with van der Waals surface area (Å²) in [6.07, 6.45) is -3.85. The van der Waals surface area contributed by atoms with E-state index in [4.69, 9.17) is 58.5 Å². The van der Waals surface area contributed by atoms with E-state index >= 15 is 0 Å². The van der Waals surface area contributed by atoms with E-state index in [1.54, 1.807) is 0 Å². The first-order valence-electron chi connectivity index (χ1n) is 14.4. The molecule has 5 rings (SSSR count). The topological polar surface area (TPSA) is 66.4 Å². The number of halogens is 3. The molecule has 4 aromatic carbocycles. The van der Waals surface area contributed by atoms with Gasteiger partial charge < -0.3 is 28.8 Å². The van der Waals surface area contributed by atoms with Crippen LogP contribution in [-0.4, -0.2) is 45.7 Å². The smallest absolute Gasteiger partial charge is 0.246 e. The summed E-state index contributed by atoms with van der Waals surface area (Å²) in [6.45, 7) is 0.863. The van der Waals surface area contributed by atoms with Gasteiger partial charge in [-0.05, 0) is 22.3 Å². The molecule has 1 fully saturated rings. The predicted octanol–water partition coefficient (Wildman–Crippen LogP) is 7.42. The number of benzene rings is 4. The van der Waals surface area contributed by atoms with Crippen molar-refractivity contribution in [1.29, 1.82) is 0 Å². The van der Waals surface area contributed by atoms with Gasteiger partial charge in [0.05, 0.1) is 33.0 Å². The molecular formula is C35H35Cl3O6. The maximum absolute atomic E-state index is 12.1. The number of alkyl halides is 3. The fourth-order valence-electron chi connectivity index (χ4n) is 5.08. The summed E-state index contributed by atoms with van der Waals surface area (Å²) < 4.78 is 29.4. The monoisotopic (exact) mass is 656 g/mol. The Balaban J connectivity index is 1.48. The van der Waals surface area contributed by atoms with Crippen LogP contribution in [0.1, 0.15) is 22.3 Å². The van der Waals surface area contributed by atoms with E-state index in [0.717, 1.165) is 22.3 Å². The predicted molar refractivity (Wildman–Crippen MR) is 171 cm³/mol. The highest BCUT2D eigenvalue weighted by atomic mass is 35.6. The van der Waals surface area contributed by atoms with Gasteiger partial charge in [0.25, 0.3) is 0 Å². The van der Waals surface area contributed by atoms with Crippen molar-refractivity contribution in [3.05, 3.63) is 144 Å². The van der Waals surface area contributed by atoms with Gasteiger partial charge in [-0.3, -0.25) is 0 Å². The van der Waals surface area contributed by atoms with Gasteiger partial charge in [0.15, 0.2) is 0 Å². The first-order valence-corrected chi connectivity index (χ1v) is 15.5. The summed E-state index contributed by atoms with van der Waals surface area (Å²) in [5.74, 6) is -2.42. The minimum absolute atomic E-state index is 0.0218. The Labute approximate surface area is 273 Å². The summed E-state index contributed by atoms with van der Waals surface area (Å²) in [5, 5.41) is 12.1. The quantitative estimate of drug-likeness (QED) is 0.151. The Hall–Kier alpha value is -2.49. The summed E-state index contributed by atoms with van der Waals surface area (Å²) in [6, 6.07) is 38.6. The second-order valence-corrected chi connectivity index (χ2v) is 12.9. The number of hydrogen-bond donors (Lipinski definition) is 1. The van der Waals surface area contributed by atoms with Crippen molar-refractivity contribution in [3.63, 3.8) is 0 Å². The van der Waals surface area contributed by atoms with Crippen molar-refractivity contribution < 1.29 is 28.8 Å². The van der Waals surface area contributed by atoms with E-state index < -0.39 is 34.0 Å². The van der Waals surface area contributed by atoms with Crippen LogP contribution >= 0.6 is 34.8 Å². The normalized spacial score (nSPS) is 23.8. The lowest BCUT2D eigenvalue weighted by Gasteiger charge is -2.52. The molecule has 1 N–H and O–H groups in total. The second kappa shape index (κ2) is 15.7. The number of rotatable bonds is 13. The van der Waals surface area contributed by atoms with Crippen LogP contribution < -0.4 is 0 Å². The molecule has 0 unspecified atom stereocenters. The third-order valence-corrected chi connectivity index (χ3v) is 8.16. The van der Waals surface area contributed by atoms with E-state index in [0.29, 0.717) is 6.61 Å². The molecule has 1 aliphatic heterocycles. The van der Waals surface area contributed by atoms with Gasteiger partial charge in [-0.15, -0.1) is 0 Å². The van der Waals surface area contributed by atoms with Crippen LogP contribution in [0, 0.1) is 0 Å². The Morgan fingerprint density at radius 3 is 1.39 bits per heavy atom. The fourth-order valence-corrected chi connectivity index (χ4v) is 5.54. The molecule has 44 heavy (non-hydrogen) atoms. The molecular weight excluding hydrogens is 623 g/mol. The lowest BCUT2D eigenvalue weighted by Crippen LogP contribution is -2.71. The molecule has 5 atom stereocenters. The maximum atomic E-state index is 12.1. The van der Waals surface area contributed by atoms with E-state index in [2.05, 4.69) is 0 Å². The van der Waals surface area contributed by atoms with Crippen molar-refractivity contribution in [2.24, 2.45) is 0 Å². The highest BCUT2D eigenvalue weighted by Crippen LogP contribution is 2.48. The van der Waals surface area contributed by atoms with Crippen LogP contribution in [0.4, 0.5) is 0 Å². The molecule has 0 aromatic heterocycles. The molecule has 1 heterocycles. The minimum atomic E-state index is -2.42. The van der Waals surface area contributed by atoms with E-state index in [9.17, 15) is 5.11 Å². The Kier molecular flexibility index (Phi) is 11.7. The van der Waals surface area contributed by atoms with Crippen molar-refractivity contribution in [2.45, 2.75) is 60.4 Å². The lowest BCUT2D eigenvalue weighted by molar-refractivity contribution is -0.369. The van der Waals surface area contributed by atoms with E-state index in [1.807, 2.05) is 121 Å². The zero-order valence-electron chi connectivity index (χ0n) is 24.0. The number of aliphatic hydroxyl groups is 1. The van der Waals surface area contributed by atoms with Crippen molar-refractivity contribution in [3.8, 4) is 0 Å². The Morgan fingerprint density at radius 2 is 0.955 bits per heavy atom. The van der Waals surface area contributed by atoms with Gasteiger partial charge in [-0.2, -0.15) is 0 Å². The molecule has 232 valence electrons. The van der Waals surface area contributed by atoms with Crippen LogP contribution in [-0.2, 0) is 50.1 Å². The van der Waals surface area contributed by atoms with Crippen LogP contribution in [0.25, 0.3) is 0 Å². The molecule has 1 saturated heterocycles. The molecule has 9 heteroatoms. The zero-order valence-corrected chi connectivity index (χ0v) is 26.3. The van der Waals surface area contributed by atoms with Gasteiger partial charge in [-0.1, -0.05) is 156 Å². The number of hydrogen-bond acceptors (Lipinski definition) is 6. The second-order valence-electron chi connectivity index (χ2n) is 10.6. The fraction of sp³-hybridized carbons (Fsp3) is 0.314. The average molecular weight is 658 g/mol. The first-order chi connectivity index (χ1) is 21.3. The third-order valence-electron chi connectivity index (χ3n) is 7.35. The van der Waals surface area contributed by atoms with Crippen molar-refractivity contribution in [2.75, 3.05) is 6.61 Å². The van der Waals surface area contributed by atoms with Gasteiger partial charge in [0.1, 0.15) is 24.4 Å². The van der Waals surface area contributed by atoms with Gasteiger partial charge in [-0.25, -0.2) is 0 Å². The summed E-state index contributed by atoms with van der Waals surface area (Å²) in [4.78, 5) is 0. The Bertz CT molecular complexity index is 1390. The van der Waals surface area contributed by atoms with Crippen LogP contribution in [0.15, 0.2) is 121 Å². The molecule has 0 radical (unpaired) electrons. The lowest BCUT2D eigenvalue weighted by atomic mass is 9.92. The van der Waals surface area contributed by atoms with Gasteiger partial charge >= 0.3 is 0 Å². The standard InChI is InChI=1S/C35H35Cl3O6/c36-35(37,38)34(39)33(43-24-29-19-11-4-12-20-29)32(42-23-28-17-9-3-10-18-28)31(41-22-27-15-7-2-8-16-27)30(44-34)25-40-21-26-13-5-1-6-14-26/h1-20,30-33,39H,21-25H2/t30-,31-,32+,33-,34-/m1/s1. The summed E-state index contributed by atoms with van der Waals surface area (Å²) >= 11 is 19.4. The maximum Gasteiger partial charge on any atom is 0.246 e. The molecule has 0 bridgehead atoms. The minimum Gasteiger partial charge on any atom is -0.374 e. The summed E-state index contributed by atoms with van der Waals surface area (Å²) in [7, 11) is 0. The molecule has 0 saturated carbocycles. The molecule has 6 nitrogen and oxygen atoms in total.